The fourth-order valence-corrected chi connectivity index (χ4v) is 2.21. The van der Waals surface area contributed by atoms with Gasteiger partial charge in [0.25, 0.3) is 0 Å². The topological polar surface area (TPSA) is 29.1 Å². The Hall–Kier alpha value is -2.35. The molecule has 0 heterocycles. The minimum atomic E-state index is 0.0222. The van der Waals surface area contributed by atoms with Crippen LogP contribution in [0.5, 0.6) is 0 Å². The molecule has 0 atom stereocenters. The van der Waals surface area contributed by atoms with E-state index in [2.05, 4.69) is 25.2 Å². The molecule has 0 aliphatic heterocycles. The highest BCUT2D eigenvalue weighted by molar-refractivity contribution is 6.05. The summed E-state index contributed by atoms with van der Waals surface area (Å²) in [6.07, 6.45) is 3.30. The molecule has 2 aromatic rings. The maximum absolute atomic E-state index is 12.2. The molecule has 0 aliphatic rings. The molecule has 0 bridgehead atoms. The molecule has 2 aromatic carbocycles. The molecule has 0 fully saturated rings. The van der Waals surface area contributed by atoms with Crippen LogP contribution in [0, 0.1) is 27.7 Å². The van der Waals surface area contributed by atoms with Crippen LogP contribution < -0.4 is 5.32 Å². The van der Waals surface area contributed by atoms with Gasteiger partial charge in [0, 0.05) is 23.5 Å². The second-order valence-electron chi connectivity index (χ2n) is 5.41. The van der Waals surface area contributed by atoms with E-state index in [4.69, 9.17) is 0 Å². The van der Waals surface area contributed by atoms with Gasteiger partial charge in [-0.05, 0) is 56.5 Å². The molecule has 0 aromatic heterocycles. The van der Waals surface area contributed by atoms with E-state index >= 15 is 0 Å². The molecule has 21 heavy (non-hydrogen) atoms. The smallest absolute Gasteiger partial charge is 0.187 e. The summed E-state index contributed by atoms with van der Waals surface area (Å²) in [5.74, 6) is 0.0222. The predicted molar refractivity (Wildman–Crippen MR) is 88.9 cm³/mol. The highest BCUT2D eigenvalue weighted by atomic mass is 16.1. The molecular formula is C19H21NO. The maximum atomic E-state index is 12.2. The quantitative estimate of drug-likeness (QED) is 0.647. The van der Waals surface area contributed by atoms with Crippen LogP contribution >= 0.6 is 0 Å². The van der Waals surface area contributed by atoms with Gasteiger partial charge in [0.1, 0.15) is 0 Å². The number of rotatable bonds is 4. The lowest BCUT2D eigenvalue weighted by atomic mass is 10.0. The molecule has 0 spiro atoms. The number of carbonyl (C=O) groups is 1. The van der Waals surface area contributed by atoms with Crippen molar-refractivity contribution in [2.24, 2.45) is 0 Å². The Balaban J connectivity index is 2.12. The third-order valence-electron chi connectivity index (χ3n) is 3.74. The van der Waals surface area contributed by atoms with Crippen LogP contribution in [0.3, 0.4) is 0 Å². The molecule has 0 saturated carbocycles. The summed E-state index contributed by atoms with van der Waals surface area (Å²) in [5, 5.41) is 3.19. The SMILES string of the molecule is Cc1ccc(C)c(C(=O)C=CNc2cccc(C)c2C)c1. The van der Waals surface area contributed by atoms with Crippen LogP contribution in [0.4, 0.5) is 5.69 Å². The van der Waals surface area contributed by atoms with E-state index in [9.17, 15) is 4.79 Å². The molecule has 0 aliphatic carbocycles. The number of hydrogen-bond donors (Lipinski definition) is 1. The Kier molecular flexibility index (Phi) is 4.59. The molecular weight excluding hydrogens is 258 g/mol. The normalized spacial score (nSPS) is 10.9. The van der Waals surface area contributed by atoms with Crippen molar-refractivity contribution in [3.05, 3.63) is 76.5 Å². The van der Waals surface area contributed by atoms with Gasteiger partial charge >= 0.3 is 0 Å². The van der Waals surface area contributed by atoms with Crippen LogP contribution in [0.2, 0.25) is 0 Å². The zero-order valence-corrected chi connectivity index (χ0v) is 13.0. The van der Waals surface area contributed by atoms with E-state index in [0.29, 0.717) is 0 Å². The number of anilines is 1. The summed E-state index contributed by atoms with van der Waals surface area (Å²) in [4.78, 5) is 12.2. The van der Waals surface area contributed by atoms with Gasteiger partial charge in [0.15, 0.2) is 5.78 Å². The summed E-state index contributed by atoms with van der Waals surface area (Å²) in [7, 11) is 0. The largest absolute Gasteiger partial charge is 0.361 e. The number of carbonyl (C=O) groups excluding carboxylic acids is 1. The Bertz CT molecular complexity index is 699. The number of aryl methyl sites for hydroxylation is 3. The number of allylic oxidation sites excluding steroid dienone is 1. The molecule has 2 heteroatoms. The zero-order valence-electron chi connectivity index (χ0n) is 13.0. The van der Waals surface area contributed by atoms with Gasteiger partial charge in [-0.25, -0.2) is 0 Å². The number of ketones is 1. The van der Waals surface area contributed by atoms with E-state index in [1.54, 1.807) is 12.3 Å². The van der Waals surface area contributed by atoms with Gasteiger partial charge in [-0.3, -0.25) is 4.79 Å². The predicted octanol–water partition coefficient (Wildman–Crippen LogP) is 4.73. The molecule has 2 rings (SSSR count). The van der Waals surface area contributed by atoms with Crippen molar-refractivity contribution in [3.8, 4) is 0 Å². The minimum absolute atomic E-state index is 0.0222. The van der Waals surface area contributed by atoms with E-state index in [-0.39, 0.29) is 5.78 Å². The van der Waals surface area contributed by atoms with Crippen LogP contribution in [0.1, 0.15) is 32.6 Å². The zero-order chi connectivity index (χ0) is 15.4. The van der Waals surface area contributed by atoms with Gasteiger partial charge in [0.05, 0.1) is 0 Å². The molecule has 0 saturated heterocycles. The monoisotopic (exact) mass is 279 g/mol. The second kappa shape index (κ2) is 6.40. The van der Waals surface area contributed by atoms with Gasteiger partial charge in [0.2, 0.25) is 0 Å². The highest BCUT2D eigenvalue weighted by Crippen LogP contribution is 2.18. The van der Waals surface area contributed by atoms with Crippen molar-refractivity contribution in [1.29, 1.82) is 0 Å². The lowest BCUT2D eigenvalue weighted by Crippen LogP contribution is -2.00. The molecule has 0 radical (unpaired) electrons. The molecule has 0 amide bonds. The third-order valence-corrected chi connectivity index (χ3v) is 3.74. The standard InChI is InChI=1S/C19H21NO/c1-13-8-9-15(3)17(12-13)19(21)10-11-20-18-7-5-6-14(2)16(18)4/h5-12,20H,1-4H3. The van der Waals surface area contributed by atoms with Crippen molar-refractivity contribution in [2.45, 2.75) is 27.7 Å². The number of nitrogens with one attached hydrogen (secondary N) is 1. The average Bonchev–Trinajstić information content (AvgIpc) is 2.46. The lowest BCUT2D eigenvalue weighted by molar-refractivity contribution is 0.104. The van der Waals surface area contributed by atoms with Crippen molar-refractivity contribution < 1.29 is 4.79 Å². The van der Waals surface area contributed by atoms with E-state index in [0.717, 1.165) is 22.4 Å². The van der Waals surface area contributed by atoms with Crippen molar-refractivity contribution in [1.82, 2.24) is 0 Å². The molecule has 2 nitrogen and oxygen atoms in total. The number of benzene rings is 2. The average molecular weight is 279 g/mol. The Labute approximate surface area is 126 Å². The Morgan fingerprint density at radius 3 is 2.52 bits per heavy atom. The summed E-state index contributed by atoms with van der Waals surface area (Å²) in [5.41, 5.74) is 6.31. The van der Waals surface area contributed by atoms with E-state index in [1.165, 1.54) is 11.1 Å². The first-order valence-electron chi connectivity index (χ1n) is 7.10. The fraction of sp³-hybridized carbons (Fsp3) is 0.211. The second-order valence-corrected chi connectivity index (χ2v) is 5.41. The summed E-state index contributed by atoms with van der Waals surface area (Å²) >= 11 is 0. The van der Waals surface area contributed by atoms with E-state index < -0.39 is 0 Å². The van der Waals surface area contributed by atoms with E-state index in [1.807, 2.05) is 44.2 Å². The highest BCUT2D eigenvalue weighted by Gasteiger charge is 2.05. The summed E-state index contributed by atoms with van der Waals surface area (Å²) in [6, 6.07) is 12.0. The van der Waals surface area contributed by atoms with Gasteiger partial charge in [-0.2, -0.15) is 0 Å². The lowest BCUT2D eigenvalue weighted by Gasteiger charge is -2.08. The minimum Gasteiger partial charge on any atom is -0.361 e. The first-order valence-corrected chi connectivity index (χ1v) is 7.10. The van der Waals surface area contributed by atoms with Crippen LogP contribution in [-0.4, -0.2) is 5.78 Å². The van der Waals surface area contributed by atoms with Gasteiger partial charge < -0.3 is 5.32 Å². The Morgan fingerprint density at radius 1 is 1.00 bits per heavy atom. The molecule has 1 N–H and O–H groups in total. The van der Waals surface area contributed by atoms with Crippen LogP contribution in [0.25, 0.3) is 0 Å². The number of hydrogen-bond acceptors (Lipinski definition) is 2. The fourth-order valence-electron chi connectivity index (χ4n) is 2.21. The maximum Gasteiger partial charge on any atom is 0.187 e. The summed E-state index contributed by atoms with van der Waals surface area (Å²) < 4.78 is 0. The first kappa shape index (κ1) is 15.0. The van der Waals surface area contributed by atoms with Gasteiger partial charge in [-0.15, -0.1) is 0 Å². The van der Waals surface area contributed by atoms with Crippen LogP contribution in [-0.2, 0) is 0 Å². The Morgan fingerprint density at radius 2 is 1.76 bits per heavy atom. The first-order chi connectivity index (χ1) is 9.99. The summed E-state index contributed by atoms with van der Waals surface area (Å²) in [6.45, 7) is 8.09. The van der Waals surface area contributed by atoms with Crippen molar-refractivity contribution >= 4 is 11.5 Å². The van der Waals surface area contributed by atoms with Gasteiger partial charge in [-0.1, -0.05) is 29.8 Å². The molecule has 0 unspecified atom stereocenters. The van der Waals surface area contributed by atoms with Crippen molar-refractivity contribution in [3.63, 3.8) is 0 Å². The molecule has 108 valence electrons. The van der Waals surface area contributed by atoms with Crippen molar-refractivity contribution in [2.75, 3.05) is 5.32 Å². The third kappa shape index (κ3) is 3.60. The van der Waals surface area contributed by atoms with Crippen LogP contribution in [0.15, 0.2) is 48.7 Å².